The first-order valence-corrected chi connectivity index (χ1v) is 8.36. The third kappa shape index (κ3) is 2.51. The van der Waals surface area contributed by atoms with Crippen molar-refractivity contribution >= 4 is 11.7 Å². The van der Waals surface area contributed by atoms with Gasteiger partial charge in [-0.1, -0.05) is 42.0 Å². The summed E-state index contributed by atoms with van der Waals surface area (Å²) in [5.41, 5.74) is 8.32. The summed E-state index contributed by atoms with van der Waals surface area (Å²) >= 11 is 0. The van der Waals surface area contributed by atoms with Crippen molar-refractivity contribution in [1.82, 2.24) is 9.38 Å². The van der Waals surface area contributed by atoms with Gasteiger partial charge >= 0.3 is 0 Å². The molecule has 0 spiro atoms. The van der Waals surface area contributed by atoms with Gasteiger partial charge < -0.3 is 4.40 Å². The van der Waals surface area contributed by atoms with Gasteiger partial charge in [0.15, 0.2) is 0 Å². The van der Waals surface area contributed by atoms with Gasteiger partial charge in [-0.25, -0.2) is 4.98 Å². The van der Waals surface area contributed by atoms with Crippen LogP contribution >= 0.6 is 0 Å². The standard InChI is InChI=1S/C21H19N3/c1-15-20(9-11-22)24-12-10-18-8-7-17(14-19(18)21(24)23-15)13-16-5-3-2-4-6-16/h2-6,10,12,14H,7-9,13H2,1H3. The Hall–Kier alpha value is -2.86. The van der Waals surface area contributed by atoms with Crippen LogP contribution in [0.4, 0.5) is 0 Å². The van der Waals surface area contributed by atoms with E-state index in [1.54, 1.807) is 0 Å². The number of nitrogens with zero attached hydrogens (tertiary/aromatic N) is 3. The van der Waals surface area contributed by atoms with E-state index in [4.69, 9.17) is 10.2 Å². The van der Waals surface area contributed by atoms with Crippen LogP contribution in [0, 0.1) is 18.3 Å². The van der Waals surface area contributed by atoms with Crippen LogP contribution in [0.15, 0.2) is 48.2 Å². The summed E-state index contributed by atoms with van der Waals surface area (Å²) in [6, 6.07) is 15.0. The Balaban J connectivity index is 1.79. The van der Waals surface area contributed by atoms with Crippen molar-refractivity contribution in [3.05, 3.63) is 76.2 Å². The Morgan fingerprint density at radius 2 is 2.00 bits per heavy atom. The van der Waals surface area contributed by atoms with Crippen molar-refractivity contribution < 1.29 is 0 Å². The highest BCUT2D eigenvalue weighted by Crippen LogP contribution is 2.30. The number of aryl methyl sites for hydroxylation is 2. The van der Waals surface area contributed by atoms with Gasteiger partial charge in [-0.2, -0.15) is 5.26 Å². The van der Waals surface area contributed by atoms with E-state index in [0.717, 1.165) is 36.3 Å². The van der Waals surface area contributed by atoms with Crippen molar-refractivity contribution in [3.63, 3.8) is 0 Å². The summed E-state index contributed by atoms with van der Waals surface area (Å²) in [6.07, 6.45) is 7.92. The lowest BCUT2D eigenvalue weighted by atomic mass is 9.90. The van der Waals surface area contributed by atoms with Crippen molar-refractivity contribution in [3.8, 4) is 6.07 Å². The summed E-state index contributed by atoms with van der Waals surface area (Å²) in [5, 5.41) is 9.06. The van der Waals surface area contributed by atoms with E-state index in [1.165, 1.54) is 22.3 Å². The number of hydrogen-bond donors (Lipinski definition) is 0. The fourth-order valence-corrected chi connectivity index (χ4v) is 3.56. The van der Waals surface area contributed by atoms with Crippen LogP contribution in [0.2, 0.25) is 0 Å². The van der Waals surface area contributed by atoms with Crippen LogP contribution in [0.3, 0.4) is 0 Å². The summed E-state index contributed by atoms with van der Waals surface area (Å²) in [5.74, 6) is 0. The van der Waals surface area contributed by atoms with Crippen LogP contribution in [-0.4, -0.2) is 9.38 Å². The van der Waals surface area contributed by atoms with E-state index in [1.807, 2.05) is 6.92 Å². The molecule has 0 amide bonds. The average molecular weight is 313 g/mol. The predicted octanol–water partition coefficient (Wildman–Crippen LogP) is 4.28. The van der Waals surface area contributed by atoms with Gasteiger partial charge in [-0.05, 0) is 43.4 Å². The lowest BCUT2D eigenvalue weighted by molar-refractivity contribution is 0.882. The van der Waals surface area contributed by atoms with Crippen molar-refractivity contribution in [1.29, 1.82) is 5.26 Å². The number of hydrogen-bond acceptors (Lipinski definition) is 2. The molecule has 3 aromatic rings. The minimum Gasteiger partial charge on any atom is -0.302 e. The quantitative estimate of drug-likeness (QED) is 0.724. The van der Waals surface area contributed by atoms with Crippen LogP contribution in [-0.2, 0) is 19.3 Å². The molecule has 0 radical (unpaired) electrons. The van der Waals surface area contributed by atoms with Gasteiger partial charge in [-0.3, -0.25) is 0 Å². The van der Waals surface area contributed by atoms with Crippen molar-refractivity contribution in [2.24, 2.45) is 0 Å². The molecule has 2 heterocycles. The molecule has 0 bridgehead atoms. The number of imidazole rings is 1. The topological polar surface area (TPSA) is 41.1 Å². The molecule has 0 atom stereocenters. The maximum Gasteiger partial charge on any atom is 0.144 e. The third-order valence-electron chi connectivity index (χ3n) is 4.81. The maximum atomic E-state index is 9.06. The van der Waals surface area contributed by atoms with E-state index < -0.39 is 0 Å². The zero-order valence-electron chi connectivity index (χ0n) is 13.8. The highest BCUT2D eigenvalue weighted by molar-refractivity contribution is 5.73. The minimum atomic E-state index is 0.395. The van der Waals surface area contributed by atoms with Gasteiger partial charge in [0.2, 0.25) is 0 Å². The first-order valence-electron chi connectivity index (χ1n) is 8.36. The Kier molecular flexibility index (Phi) is 3.66. The van der Waals surface area contributed by atoms with Gasteiger partial charge in [0.05, 0.1) is 23.9 Å². The number of pyridine rings is 1. The van der Waals surface area contributed by atoms with E-state index in [-0.39, 0.29) is 0 Å². The normalized spacial score (nSPS) is 13.4. The lowest BCUT2D eigenvalue weighted by Gasteiger charge is -2.17. The number of nitriles is 1. The highest BCUT2D eigenvalue weighted by Gasteiger charge is 2.17. The molecule has 0 N–H and O–H groups in total. The van der Waals surface area contributed by atoms with Gasteiger partial charge in [0, 0.05) is 11.8 Å². The fraction of sp³-hybridized carbons (Fsp3) is 0.238. The molecule has 0 fully saturated rings. The van der Waals surface area contributed by atoms with E-state index >= 15 is 0 Å². The molecule has 3 nitrogen and oxygen atoms in total. The van der Waals surface area contributed by atoms with Crippen LogP contribution < -0.4 is 0 Å². The highest BCUT2D eigenvalue weighted by atomic mass is 15.0. The first kappa shape index (κ1) is 14.7. The summed E-state index contributed by atoms with van der Waals surface area (Å²) in [7, 11) is 0. The molecule has 118 valence electrons. The number of allylic oxidation sites excluding steroid dienone is 1. The number of benzene rings is 1. The lowest BCUT2D eigenvalue weighted by Crippen LogP contribution is -2.05. The minimum absolute atomic E-state index is 0.395. The number of aromatic nitrogens is 2. The van der Waals surface area contributed by atoms with E-state index in [2.05, 4.69) is 59.1 Å². The molecular weight excluding hydrogens is 294 g/mol. The maximum absolute atomic E-state index is 9.06. The Labute approximate surface area is 141 Å². The Bertz CT molecular complexity index is 972. The first-order chi connectivity index (χ1) is 11.8. The Morgan fingerprint density at radius 3 is 2.79 bits per heavy atom. The molecule has 1 aromatic carbocycles. The van der Waals surface area contributed by atoms with Crippen LogP contribution in [0.1, 0.15) is 34.5 Å². The monoisotopic (exact) mass is 313 g/mol. The van der Waals surface area contributed by atoms with Gasteiger partial charge in [0.25, 0.3) is 0 Å². The summed E-state index contributed by atoms with van der Waals surface area (Å²) in [4.78, 5) is 4.75. The molecule has 0 saturated heterocycles. The second-order valence-corrected chi connectivity index (χ2v) is 6.39. The van der Waals surface area contributed by atoms with Crippen LogP contribution in [0.25, 0.3) is 11.7 Å². The molecular formula is C21H19N3. The zero-order valence-corrected chi connectivity index (χ0v) is 13.8. The smallest absolute Gasteiger partial charge is 0.144 e. The largest absolute Gasteiger partial charge is 0.302 e. The van der Waals surface area contributed by atoms with Gasteiger partial charge in [-0.15, -0.1) is 0 Å². The average Bonchev–Trinajstić information content (AvgIpc) is 2.93. The Morgan fingerprint density at radius 1 is 1.17 bits per heavy atom. The molecule has 4 rings (SSSR count). The SMILES string of the molecule is Cc1nc2c3c(ccn2c1CC#N)CCC(Cc1ccccc1)=C3. The summed E-state index contributed by atoms with van der Waals surface area (Å²) in [6.45, 7) is 1.99. The molecule has 3 heteroatoms. The second-order valence-electron chi connectivity index (χ2n) is 6.39. The number of fused-ring (bicyclic) bond motifs is 3. The second kappa shape index (κ2) is 5.98. The molecule has 2 aromatic heterocycles. The molecule has 0 unspecified atom stereocenters. The van der Waals surface area contributed by atoms with Crippen LogP contribution in [0.5, 0.6) is 0 Å². The third-order valence-corrected chi connectivity index (χ3v) is 4.81. The summed E-state index contributed by atoms with van der Waals surface area (Å²) < 4.78 is 2.08. The van der Waals surface area contributed by atoms with Crippen molar-refractivity contribution in [2.75, 3.05) is 0 Å². The van der Waals surface area contributed by atoms with E-state index in [9.17, 15) is 0 Å². The fourth-order valence-electron chi connectivity index (χ4n) is 3.56. The van der Waals surface area contributed by atoms with Gasteiger partial charge in [0.1, 0.15) is 5.65 Å². The zero-order chi connectivity index (χ0) is 16.5. The molecule has 24 heavy (non-hydrogen) atoms. The van der Waals surface area contributed by atoms with Crippen molar-refractivity contribution in [2.45, 2.75) is 32.6 Å². The molecule has 1 aliphatic carbocycles. The predicted molar refractivity (Wildman–Crippen MR) is 95.7 cm³/mol. The number of rotatable bonds is 3. The molecule has 0 aliphatic heterocycles. The molecule has 1 aliphatic rings. The molecule has 0 saturated carbocycles. The van der Waals surface area contributed by atoms with E-state index in [0.29, 0.717) is 6.42 Å².